The first kappa shape index (κ1) is 22.8. The summed E-state index contributed by atoms with van der Waals surface area (Å²) in [5.74, 6) is 0.583. The normalized spacial score (nSPS) is 18.1. The Morgan fingerprint density at radius 3 is 2.32 bits per heavy atom. The van der Waals surface area contributed by atoms with Crippen LogP contribution in [0.4, 0.5) is 4.79 Å². The first-order chi connectivity index (χ1) is 12.8. The van der Waals surface area contributed by atoms with Crippen molar-refractivity contribution in [3.05, 3.63) is 23.2 Å². The molecule has 1 N–H and O–H groups in total. The molecule has 0 aliphatic carbocycles. The summed E-state index contributed by atoms with van der Waals surface area (Å²) in [6.45, 7) is 14.4. The molecule has 0 atom stereocenters. The average molecular weight is 412 g/mol. The van der Waals surface area contributed by atoms with Crippen LogP contribution in [0.15, 0.2) is 18.2 Å². The zero-order chi connectivity index (χ0) is 21.2. The summed E-state index contributed by atoms with van der Waals surface area (Å²) < 4.78 is 23.0. The van der Waals surface area contributed by atoms with Gasteiger partial charge in [0.25, 0.3) is 0 Å². The third-order valence-electron chi connectivity index (χ3n) is 4.73. The Morgan fingerprint density at radius 1 is 1.18 bits per heavy atom. The third kappa shape index (κ3) is 6.03. The Morgan fingerprint density at radius 2 is 1.79 bits per heavy atom. The number of hydrogen-bond acceptors (Lipinski definition) is 5. The number of benzene rings is 1. The van der Waals surface area contributed by atoms with E-state index < -0.39 is 30.0 Å². The fourth-order valence-electron chi connectivity index (χ4n) is 2.52. The van der Waals surface area contributed by atoms with Gasteiger partial charge in [-0.15, -0.1) is 0 Å². The largest absolute Gasteiger partial charge is 0.494 e. The van der Waals surface area contributed by atoms with Crippen molar-refractivity contribution in [1.29, 1.82) is 0 Å². The number of carbonyl (C=O) groups is 1. The van der Waals surface area contributed by atoms with Crippen LogP contribution in [0.5, 0.6) is 5.75 Å². The lowest BCUT2D eigenvalue weighted by molar-refractivity contribution is 0.00578. The molecule has 156 valence electrons. The maximum absolute atomic E-state index is 11.6. The predicted octanol–water partition coefficient (Wildman–Crippen LogP) is 3.93. The first-order valence-corrected chi connectivity index (χ1v) is 9.93. The fraction of sp³-hybridized carbons (Fsp3) is 0.650. The molecule has 0 spiro atoms. The van der Waals surface area contributed by atoms with E-state index in [0.29, 0.717) is 30.3 Å². The molecule has 0 aromatic heterocycles. The second kappa shape index (κ2) is 8.51. The summed E-state index contributed by atoms with van der Waals surface area (Å²) in [6.07, 6.45) is 0.200. The van der Waals surface area contributed by atoms with E-state index in [1.54, 1.807) is 6.07 Å². The van der Waals surface area contributed by atoms with Crippen molar-refractivity contribution in [3.63, 3.8) is 0 Å². The van der Waals surface area contributed by atoms with E-state index >= 15 is 0 Å². The van der Waals surface area contributed by atoms with Crippen LogP contribution in [-0.4, -0.2) is 43.2 Å². The van der Waals surface area contributed by atoms with Gasteiger partial charge in [-0.2, -0.15) is 0 Å². The van der Waals surface area contributed by atoms with Crippen molar-refractivity contribution >= 4 is 30.3 Å². The van der Waals surface area contributed by atoms with Gasteiger partial charge in [-0.05, 0) is 72.5 Å². The monoisotopic (exact) mass is 411 g/mol. The topological polar surface area (TPSA) is 66.0 Å². The van der Waals surface area contributed by atoms with Gasteiger partial charge in [0, 0.05) is 6.54 Å². The Labute approximate surface area is 173 Å². The molecule has 0 unspecified atom stereocenters. The first-order valence-electron chi connectivity index (χ1n) is 9.55. The number of amides is 1. The van der Waals surface area contributed by atoms with E-state index in [2.05, 4.69) is 5.32 Å². The Kier molecular flexibility index (Phi) is 6.95. The molecule has 1 aliphatic rings. The highest BCUT2D eigenvalue weighted by atomic mass is 35.5. The fourth-order valence-corrected chi connectivity index (χ4v) is 2.76. The molecule has 0 bridgehead atoms. The molecule has 1 heterocycles. The highest BCUT2D eigenvalue weighted by Crippen LogP contribution is 2.37. The van der Waals surface area contributed by atoms with Crippen LogP contribution in [0, 0.1) is 0 Å². The molecule has 2 rings (SSSR count). The number of ether oxygens (including phenoxy) is 2. The minimum Gasteiger partial charge on any atom is -0.492 e. The number of hydrogen-bond donors (Lipinski definition) is 1. The average Bonchev–Trinajstić information content (AvgIpc) is 2.74. The van der Waals surface area contributed by atoms with Crippen molar-refractivity contribution in [1.82, 2.24) is 5.32 Å². The molecular weight excluding hydrogens is 380 g/mol. The highest BCUT2D eigenvalue weighted by Gasteiger charge is 2.51. The van der Waals surface area contributed by atoms with Crippen LogP contribution >= 0.6 is 11.6 Å². The second-order valence-electron chi connectivity index (χ2n) is 8.91. The van der Waals surface area contributed by atoms with E-state index in [1.165, 1.54) is 0 Å². The summed E-state index contributed by atoms with van der Waals surface area (Å²) in [7, 11) is -0.463. The molecular formula is C20H31BClNO5. The summed E-state index contributed by atoms with van der Waals surface area (Å²) in [5, 5.41) is 3.19. The molecule has 1 fully saturated rings. The van der Waals surface area contributed by atoms with E-state index in [-0.39, 0.29) is 0 Å². The number of alkyl carbamates (subject to hydrolysis) is 1. The van der Waals surface area contributed by atoms with Gasteiger partial charge >= 0.3 is 13.2 Å². The van der Waals surface area contributed by atoms with Gasteiger partial charge in [0.1, 0.15) is 11.4 Å². The Bertz CT molecular complexity index is 686. The van der Waals surface area contributed by atoms with E-state index in [0.717, 1.165) is 5.46 Å². The Balaban J connectivity index is 1.81. The summed E-state index contributed by atoms with van der Waals surface area (Å²) in [6, 6.07) is 5.50. The summed E-state index contributed by atoms with van der Waals surface area (Å²) in [4.78, 5) is 11.6. The van der Waals surface area contributed by atoms with Crippen molar-refractivity contribution in [2.75, 3.05) is 13.2 Å². The maximum atomic E-state index is 11.6. The second-order valence-corrected chi connectivity index (χ2v) is 9.32. The smallest absolute Gasteiger partial charge is 0.492 e. The summed E-state index contributed by atoms with van der Waals surface area (Å²) in [5.41, 5.74) is -0.462. The molecule has 28 heavy (non-hydrogen) atoms. The zero-order valence-corrected chi connectivity index (χ0v) is 18.6. The lowest BCUT2D eigenvalue weighted by atomic mass is 9.79. The van der Waals surface area contributed by atoms with E-state index in [4.69, 9.17) is 30.4 Å². The molecule has 8 heteroatoms. The van der Waals surface area contributed by atoms with E-state index in [9.17, 15) is 4.79 Å². The van der Waals surface area contributed by atoms with Crippen LogP contribution in [0.25, 0.3) is 0 Å². The van der Waals surface area contributed by atoms with Crippen LogP contribution in [0.3, 0.4) is 0 Å². The van der Waals surface area contributed by atoms with Crippen LogP contribution in [0.2, 0.25) is 5.02 Å². The number of carbonyl (C=O) groups excluding carboxylic acids is 1. The van der Waals surface area contributed by atoms with Gasteiger partial charge in [0.05, 0.1) is 22.8 Å². The van der Waals surface area contributed by atoms with Gasteiger partial charge in [0.15, 0.2) is 0 Å². The van der Waals surface area contributed by atoms with Gasteiger partial charge in [-0.25, -0.2) is 4.79 Å². The highest BCUT2D eigenvalue weighted by molar-refractivity contribution is 6.62. The van der Waals surface area contributed by atoms with Gasteiger partial charge in [0.2, 0.25) is 0 Å². The SMILES string of the molecule is CC(C)(C)OC(=O)NCCCOc1ccc(B2OC(C)(C)C(C)(C)O2)cc1Cl. The van der Waals surface area contributed by atoms with Crippen molar-refractivity contribution < 1.29 is 23.6 Å². The van der Waals surface area contributed by atoms with Gasteiger partial charge in [-0.3, -0.25) is 0 Å². The third-order valence-corrected chi connectivity index (χ3v) is 5.02. The van der Waals surface area contributed by atoms with Crippen molar-refractivity contribution in [2.24, 2.45) is 0 Å². The van der Waals surface area contributed by atoms with Crippen LogP contribution in [-0.2, 0) is 14.0 Å². The van der Waals surface area contributed by atoms with Gasteiger partial charge in [-0.1, -0.05) is 17.7 Å². The molecule has 0 radical (unpaired) electrons. The standard InChI is InChI=1S/C20H31BClNO5/c1-18(2,3)26-17(24)23-11-8-12-25-16-10-9-14(13-15(16)22)21-27-19(4,5)20(6,7)28-21/h9-10,13H,8,11-12H2,1-7H3,(H,23,24). The number of halogens is 1. The van der Waals surface area contributed by atoms with Crippen LogP contribution in [0.1, 0.15) is 54.9 Å². The molecule has 6 nitrogen and oxygen atoms in total. The molecule has 1 aromatic rings. The molecule has 0 saturated carbocycles. The van der Waals surface area contributed by atoms with Crippen molar-refractivity contribution in [2.45, 2.75) is 71.7 Å². The quantitative estimate of drug-likeness (QED) is 0.567. The lowest BCUT2D eigenvalue weighted by Crippen LogP contribution is -2.41. The lowest BCUT2D eigenvalue weighted by Gasteiger charge is -2.32. The maximum Gasteiger partial charge on any atom is 0.494 e. The molecule has 1 saturated heterocycles. The minimum atomic E-state index is -0.507. The number of nitrogens with one attached hydrogen (secondary N) is 1. The molecule has 1 aliphatic heterocycles. The zero-order valence-electron chi connectivity index (χ0n) is 17.8. The predicted molar refractivity (Wildman–Crippen MR) is 112 cm³/mol. The molecule has 1 amide bonds. The molecule has 1 aromatic carbocycles. The van der Waals surface area contributed by atoms with Crippen LogP contribution < -0.4 is 15.5 Å². The van der Waals surface area contributed by atoms with Gasteiger partial charge < -0.3 is 24.1 Å². The van der Waals surface area contributed by atoms with Crippen molar-refractivity contribution in [3.8, 4) is 5.75 Å². The van der Waals surface area contributed by atoms with E-state index in [1.807, 2.05) is 60.6 Å². The number of rotatable bonds is 6. The Hall–Kier alpha value is -1.44. The minimum absolute atomic E-state index is 0.402. The summed E-state index contributed by atoms with van der Waals surface area (Å²) >= 11 is 6.36.